The summed E-state index contributed by atoms with van der Waals surface area (Å²) in [5.41, 5.74) is 8.11. The third kappa shape index (κ3) is 10.9. The van der Waals surface area contributed by atoms with E-state index in [9.17, 15) is 4.79 Å². The molecule has 1 aromatic heterocycles. The molecule has 2 aliphatic rings. The van der Waals surface area contributed by atoms with Gasteiger partial charge in [0.05, 0.1) is 27.7 Å². The number of aliphatic hydroxyl groups excluding tert-OH is 1. The molecule has 8 rings (SSSR count). The molecule has 2 atom stereocenters. The Balaban J connectivity index is 0.00000142. The second-order valence-electron chi connectivity index (χ2n) is 13.7. The molecule has 2 aliphatic heterocycles. The first-order valence-corrected chi connectivity index (χ1v) is 20.5. The topological polar surface area (TPSA) is 121 Å². The van der Waals surface area contributed by atoms with E-state index < -0.39 is 0 Å². The van der Waals surface area contributed by atoms with Crippen LogP contribution in [0.2, 0.25) is 10.0 Å². The van der Waals surface area contributed by atoms with E-state index in [0.717, 1.165) is 58.2 Å². The summed E-state index contributed by atoms with van der Waals surface area (Å²) in [6.07, 6.45) is 1.03. The molecule has 2 unspecified atom stereocenters. The summed E-state index contributed by atoms with van der Waals surface area (Å²) in [6.45, 7) is 4.59. The summed E-state index contributed by atoms with van der Waals surface area (Å²) in [4.78, 5) is 25.3. The number of thiophene rings is 1. The number of rotatable bonds is 11. The van der Waals surface area contributed by atoms with E-state index in [0.29, 0.717) is 66.4 Å². The lowest BCUT2D eigenvalue weighted by atomic mass is 9.92. The normalized spacial score (nSPS) is 15.2. The lowest BCUT2D eigenvalue weighted by Gasteiger charge is -2.37. The number of nitriles is 1. The number of hydrogen-bond acceptors (Lipinski definition) is 9. The van der Waals surface area contributed by atoms with Crippen LogP contribution in [0.4, 0.5) is 0 Å². The van der Waals surface area contributed by atoms with Gasteiger partial charge in [-0.2, -0.15) is 5.26 Å². The number of nitrogens with one attached hydrogen (secondary N) is 1. The van der Waals surface area contributed by atoms with Crippen molar-refractivity contribution in [1.82, 2.24) is 10.2 Å². The molecule has 0 fully saturated rings. The third-order valence-electron chi connectivity index (χ3n) is 10.1. The van der Waals surface area contributed by atoms with Crippen LogP contribution in [0.1, 0.15) is 44.4 Å². The summed E-state index contributed by atoms with van der Waals surface area (Å²) in [5.74, 6) is 2.17. The van der Waals surface area contributed by atoms with Crippen LogP contribution in [0, 0.1) is 11.3 Å². The number of carbonyl (C=O) groups excluding carboxylic acids is 2. The minimum absolute atomic E-state index is 0.0238. The number of nitrogens with zero attached hydrogens (tertiary/aromatic N) is 2. The van der Waals surface area contributed by atoms with Gasteiger partial charge in [-0.3, -0.25) is 9.69 Å². The van der Waals surface area contributed by atoms with Gasteiger partial charge in [0.2, 0.25) is 5.91 Å². The molecule has 12 heteroatoms. The first kappa shape index (κ1) is 42.9. The highest BCUT2D eigenvalue weighted by atomic mass is 35.5. The maximum atomic E-state index is 13.8. The van der Waals surface area contributed by atoms with Crippen molar-refractivity contribution < 1.29 is 28.9 Å². The predicted molar refractivity (Wildman–Crippen MR) is 232 cm³/mol. The highest BCUT2D eigenvalue weighted by Gasteiger charge is 2.34. The van der Waals surface area contributed by atoms with E-state index in [1.165, 1.54) is 4.88 Å². The Morgan fingerprint density at radius 2 is 1.59 bits per heavy atom. The monoisotopic (exact) mass is 847 g/mol. The van der Waals surface area contributed by atoms with Gasteiger partial charge in [-0.25, -0.2) is 0 Å². The molecule has 9 nitrogen and oxygen atoms in total. The highest BCUT2D eigenvalue weighted by Crippen LogP contribution is 2.41. The van der Waals surface area contributed by atoms with E-state index in [1.807, 2.05) is 67.5 Å². The summed E-state index contributed by atoms with van der Waals surface area (Å²) < 4.78 is 18.8. The van der Waals surface area contributed by atoms with Crippen LogP contribution < -0.4 is 19.5 Å². The average molecular weight is 849 g/mol. The van der Waals surface area contributed by atoms with E-state index >= 15 is 0 Å². The fourth-order valence-electron chi connectivity index (χ4n) is 7.02. The second kappa shape index (κ2) is 20.8. The zero-order valence-electron chi connectivity index (χ0n) is 32.4. The van der Waals surface area contributed by atoms with Gasteiger partial charge in [-0.1, -0.05) is 83.9 Å². The molecule has 0 aliphatic carbocycles. The quantitative estimate of drug-likeness (QED) is 0.132. The number of amides is 1. The van der Waals surface area contributed by atoms with Crippen molar-refractivity contribution in [3.63, 3.8) is 0 Å². The first-order valence-electron chi connectivity index (χ1n) is 18.9. The van der Waals surface area contributed by atoms with E-state index in [-0.39, 0.29) is 18.1 Å². The van der Waals surface area contributed by atoms with E-state index in [2.05, 4.69) is 70.2 Å². The average Bonchev–Trinajstić information content (AvgIpc) is 3.81. The molecular weight excluding hydrogens is 806 g/mol. The van der Waals surface area contributed by atoms with Crippen LogP contribution in [-0.2, 0) is 42.1 Å². The molecule has 3 heterocycles. The van der Waals surface area contributed by atoms with Gasteiger partial charge in [0.15, 0.2) is 17.6 Å². The fraction of sp³-hybridized carbons (Fsp3) is 0.213. The molecule has 302 valence electrons. The van der Waals surface area contributed by atoms with Gasteiger partial charge in [0.25, 0.3) is 0 Å². The van der Waals surface area contributed by atoms with E-state index in [4.69, 9.17) is 52.6 Å². The Hall–Kier alpha value is -5.67. The second-order valence-corrected chi connectivity index (χ2v) is 15.6. The summed E-state index contributed by atoms with van der Waals surface area (Å²) in [7, 11) is 1.00. The number of hydrogen-bond donors (Lipinski definition) is 2. The molecule has 2 N–H and O–H groups in total. The van der Waals surface area contributed by atoms with Gasteiger partial charge in [0, 0.05) is 31.6 Å². The predicted octanol–water partition coefficient (Wildman–Crippen LogP) is 9.39. The molecule has 59 heavy (non-hydrogen) atoms. The Kier molecular flexibility index (Phi) is 15.2. The Bertz CT molecular complexity index is 2350. The van der Waals surface area contributed by atoms with Crippen molar-refractivity contribution in [2.45, 2.75) is 44.7 Å². The molecule has 1 amide bonds. The van der Waals surface area contributed by atoms with Crippen molar-refractivity contribution in [3.8, 4) is 34.4 Å². The van der Waals surface area contributed by atoms with Crippen molar-refractivity contribution in [3.05, 3.63) is 169 Å². The molecule has 5 aromatic carbocycles. The number of ether oxygens (including phenoxy) is 3. The smallest absolute Gasteiger partial charge is 0.237 e. The van der Waals surface area contributed by atoms with Crippen molar-refractivity contribution in [2.24, 2.45) is 0 Å². The van der Waals surface area contributed by atoms with Crippen molar-refractivity contribution in [2.75, 3.05) is 20.3 Å². The van der Waals surface area contributed by atoms with Gasteiger partial charge in [-0.15, -0.1) is 11.3 Å². The number of benzene rings is 5. The minimum atomic E-state index is -0.318. The minimum Gasteiger partial charge on any atom is -0.489 e. The largest absolute Gasteiger partial charge is 0.489 e. The maximum absolute atomic E-state index is 13.8. The SMILES string of the molecule is C=O.CO.N#Cc1ccc(-c2ccc(CCNC(=O)C3Cc4cc5c(cc4CN3Cc3cccs3)OC(c3ccc(OCc4ccc(Cl)c(Cl)c4)cc3)CO5)cc2)cc1. The number of carbonyl (C=O) groups is 2. The van der Waals surface area contributed by atoms with Crippen LogP contribution in [-0.4, -0.2) is 49.0 Å². The van der Waals surface area contributed by atoms with Crippen molar-refractivity contribution >= 4 is 47.2 Å². The standard InChI is InChI=1S/C45H37Cl2N3O4S.CH4O.CH2O/c46-39-16-7-31(20-40(39)47)27-52-37-14-12-34(13-15-37)44-28-53-42-22-35-21-41(50(26-38-2-1-19-55-38)25-36(35)23-43(42)54-44)45(51)49-18-17-29-3-8-32(9-4-29)33-10-5-30(24-48)6-11-33;2*1-2/h1-16,19-20,22-23,41,44H,17-18,21,25-28H2,(H,49,51);2H,1H3;1H2. The van der Waals surface area contributed by atoms with E-state index in [1.54, 1.807) is 17.4 Å². The molecule has 0 saturated heterocycles. The zero-order valence-corrected chi connectivity index (χ0v) is 34.7. The molecule has 0 radical (unpaired) electrons. The maximum Gasteiger partial charge on any atom is 0.237 e. The number of halogens is 2. The highest BCUT2D eigenvalue weighted by molar-refractivity contribution is 7.09. The molecule has 0 saturated carbocycles. The van der Waals surface area contributed by atoms with Crippen LogP contribution in [0.25, 0.3) is 11.1 Å². The summed E-state index contributed by atoms with van der Waals surface area (Å²) >= 11 is 13.9. The van der Waals surface area contributed by atoms with Gasteiger partial charge in [-0.05, 0) is 112 Å². The lowest BCUT2D eigenvalue weighted by Crippen LogP contribution is -2.50. The Morgan fingerprint density at radius 1 is 0.898 bits per heavy atom. The summed E-state index contributed by atoms with van der Waals surface area (Å²) in [5, 5.41) is 22.4. The fourth-order valence-corrected chi connectivity index (χ4v) is 8.07. The molecular formula is C47H43Cl2N3O6S. The van der Waals surface area contributed by atoms with Gasteiger partial charge in [0.1, 0.15) is 25.8 Å². The zero-order chi connectivity index (χ0) is 41.7. The first-order chi connectivity index (χ1) is 28.9. The third-order valence-corrected chi connectivity index (χ3v) is 11.7. The van der Waals surface area contributed by atoms with Crippen LogP contribution in [0.3, 0.4) is 0 Å². The van der Waals surface area contributed by atoms with Crippen LogP contribution in [0.15, 0.2) is 121 Å². The van der Waals surface area contributed by atoms with Crippen LogP contribution >= 0.6 is 34.5 Å². The van der Waals surface area contributed by atoms with Gasteiger partial charge >= 0.3 is 0 Å². The molecule has 6 aromatic rings. The Morgan fingerprint density at radius 3 is 2.27 bits per heavy atom. The molecule has 0 spiro atoms. The number of aliphatic hydroxyl groups is 1. The lowest BCUT2D eigenvalue weighted by molar-refractivity contribution is -0.127. The summed E-state index contributed by atoms with van der Waals surface area (Å²) in [6, 6.07) is 39.4. The van der Waals surface area contributed by atoms with Crippen molar-refractivity contribution in [1.29, 1.82) is 5.26 Å². The van der Waals surface area contributed by atoms with Crippen LogP contribution in [0.5, 0.6) is 17.2 Å². The molecule has 0 bridgehead atoms. The number of fused-ring (bicyclic) bond motifs is 2. The Labute approximate surface area is 358 Å². The van der Waals surface area contributed by atoms with Gasteiger partial charge < -0.3 is 29.4 Å².